The van der Waals surface area contributed by atoms with E-state index >= 15 is 0 Å². The number of non-ortho nitro benzene ring substituents is 1. The number of hydrogen-bond acceptors (Lipinski definition) is 5. The van der Waals surface area contributed by atoms with Crippen LogP contribution in [0.4, 0.5) is 11.4 Å². The molecule has 2 aromatic carbocycles. The molecule has 0 saturated carbocycles. The molecule has 0 bridgehead atoms. The summed E-state index contributed by atoms with van der Waals surface area (Å²) in [6.07, 6.45) is 1.36. The van der Waals surface area contributed by atoms with Crippen LogP contribution >= 0.6 is 0 Å². The fourth-order valence-electron chi connectivity index (χ4n) is 3.14. The van der Waals surface area contributed by atoms with Crippen LogP contribution in [0.1, 0.15) is 16.9 Å². The zero-order valence-corrected chi connectivity index (χ0v) is 16.2. The van der Waals surface area contributed by atoms with E-state index in [9.17, 15) is 19.7 Å². The maximum absolute atomic E-state index is 12.7. The Kier molecular flexibility index (Phi) is 4.67. The molecule has 1 fully saturated rings. The highest BCUT2D eigenvalue weighted by Gasteiger charge is 2.34. The SMILES string of the molecule is Cc1ccc(N2NC(=O)C(=Cc3ccc(-c4cc([N+](=O)[O-])ccc4C)o3)C2=O)cc1. The lowest BCUT2D eigenvalue weighted by molar-refractivity contribution is -0.384. The van der Waals surface area contributed by atoms with Crippen LogP contribution in [0.5, 0.6) is 0 Å². The maximum Gasteiger partial charge on any atom is 0.282 e. The lowest BCUT2D eigenvalue weighted by Gasteiger charge is -2.14. The second kappa shape index (κ2) is 7.32. The third-order valence-electron chi connectivity index (χ3n) is 4.79. The number of benzene rings is 2. The van der Waals surface area contributed by atoms with Gasteiger partial charge in [-0.25, -0.2) is 5.01 Å². The van der Waals surface area contributed by atoms with Crippen LogP contribution in [-0.2, 0) is 9.59 Å². The van der Waals surface area contributed by atoms with Crippen molar-refractivity contribution in [3.63, 3.8) is 0 Å². The minimum absolute atomic E-state index is 0.0500. The Morgan fingerprint density at radius 2 is 1.77 bits per heavy atom. The number of hydrogen-bond donors (Lipinski definition) is 1. The van der Waals surface area contributed by atoms with E-state index in [1.807, 2.05) is 26.0 Å². The Balaban J connectivity index is 1.64. The molecular weight excluding hydrogens is 386 g/mol. The normalized spacial score (nSPS) is 15.0. The summed E-state index contributed by atoms with van der Waals surface area (Å²) in [5.41, 5.74) is 5.38. The van der Waals surface area contributed by atoms with Crippen LogP contribution < -0.4 is 10.4 Å². The van der Waals surface area contributed by atoms with Crippen molar-refractivity contribution < 1.29 is 18.9 Å². The molecule has 0 spiro atoms. The van der Waals surface area contributed by atoms with Gasteiger partial charge in [-0.3, -0.25) is 25.1 Å². The number of aryl methyl sites for hydroxylation is 2. The maximum atomic E-state index is 12.7. The second-order valence-corrected chi connectivity index (χ2v) is 6.93. The molecule has 1 aliphatic heterocycles. The van der Waals surface area contributed by atoms with Crippen molar-refractivity contribution >= 4 is 29.3 Å². The first-order chi connectivity index (χ1) is 14.3. The lowest BCUT2D eigenvalue weighted by Crippen LogP contribution is -2.35. The van der Waals surface area contributed by atoms with Crippen molar-refractivity contribution in [2.24, 2.45) is 0 Å². The van der Waals surface area contributed by atoms with E-state index in [1.54, 1.807) is 30.3 Å². The minimum atomic E-state index is -0.537. The molecule has 1 aliphatic rings. The Hall–Kier alpha value is -4.20. The van der Waals surface area contributed by atoms with E-state index in [0.717, 1.165) is 11.1 Å². The van der Waals surface area contributed by atoms with Crippen LogP contribution in [-0.4, -0.2) is 16.7 Å². The Morgan fingerprint density at radius 3 is 2.47 bits per heavy atom. The quantitative estimate of drug-likeness (QED) is 0.307. The fraction of sp³-hybridized carbons (Fsp3) is 0.0909. The number of carbonyl (C=O) groups is 2. The zero-order valence-electron chi connectivity index (χ0n) is 16.2. The molecule has 2 heterocycles. The molecule has 0 aliphatic carbocycles. The number of nitrogens with zero attached hydrogens (tertiary/aromatic N) is 2. The van der Waals surface area contributed by atoms with Gasteiger partial charge in [-0.15, -0.1) is 0 Å². The molecule has 1 saturated heterocycles. The van der Waals surface area contributed by atoms with E-state index in [4.69, 9.17) is 4.42 Å². The molecular formula is C22H17N3O5. The molecule has 1 N–H and O–H groups in total. The number of anilines is 1. The number of carbonyl (C=O) groups excluding carboxylic acids is 2. The zero-order chi connectivity index (χ0) is 21.4. The van der Waals surface area contributed by atoms with Crippen molar-refractivity contribution in [1.82, 2.24) is 5.43 Å². The summed E-state index contributed by atoms with van der Waals surface area (Å²) in [5.74, 6) is -0.331. The molecule has 4 rings (SSSR count). The summed E-state index contributed by atoms with van der Waals surface area (Å²) in [5, 5.41) is 12.2. The van der Waals surface area contributed by atoms with Gasteiger partial charge in [-0.2, -0.15) is 0 Å². The number of rotatable bonds is 4. The molecule has 2 amide bonds. The van der Waals surface area contributed by atoms with Gasteiger partial charge in [0.25, 0.3) is 17.5 Å². The number of hydrazine groups is 1. The number of nitro benzene ring substituents is 1. The molecule has 8 nitrogen and oxygen atoms in total. The molecule has 1 aromatic heterocycles. The molecule has 0 radical (unpaired) electrons. The van der Waals surface area contributed by atoms with Gasteiger partial charge in [0.2, 0.25) is 0 Å². The monoisotopic (exact) mass is 403 g/mol. The van der Waals surface area contributed by atoms with Gasteiger partial charge in [0.1, 0.15) is 17.1 Å². The first kappa shape index (κ1) is 19.1. The summed E-state index contributed by atoms with van der Waals surface area (Å²) in [7, 11) is 0. The van der Waals surface area contributed by atoms with Gasteiger partial charge in [0.05, 0.1) is 10.6 Å². The van der Waals surface area contributed by atoms with Crippen molar-refractivity contribution in [3.8, 4) is 11.3 Å². The smallest absolute Gasteiger partial charge is 0.282 e. The molecule has 3 aromatic rings. The average molecular weight is 403 g/mol. The van der Waals surface area contributed by atoms with Crippen LogP contribution in [0, 0.1) is 24.0 Å². The molecule has 8 heteroatoms. The standard InChI is InChI=1S/C22H17N3O5/c1-13-3-6-15(7-4-13)24-22(27)19(21(26)23-24)12-17-9-10-20(30-17)18-11-16(25(28)29)8-5-14(18)2/h3-12H,1-2H3,(H,23,26). The van der Waals surface area contributed by atoms with E-state index in [1.165, 1.54) is 23.2 Å². The summed E-state index contributed by atoms with van der Waals surface area (Å²) >= 11 is 0. The molecule has 0 atom stereocenters. The van der Waals surface area contributed by atoms with Crippen LogP contribution in [0.2, 0.25) is 0 Å². The number of furan rings is 1. The first-order valence-corrected chi connectivity index (χ1v) is 9.12. The Morgan fingerprint density at radius 1 is 1.03 bits per heavy atom. The number of amides is 2. The van der Waals surface area contributed by atoms with Gasteiger partial charge in [-0.05, 0) is 49.8 Å². The number of nitrogens with one attached hydrogen (secondary N) is 1. The first-order valence-electron chi connectivity index (χ1n) is 9.12. The van der Waals surface area contributed by atoms with Crippen LogP contribution in [0.25, 0.3) is 17.4 Å². The molecule has 30 heavy (non-hydrogen) atoms. The largest absolute Gasteiger partial charge is 0.457 e. The van der Waals surface area contributed by atoms with E-state index < -0.39 is 16.7 Å². The predicted molar refractivity (Wildman–Crippen MR) is 110 cm³/mol. The second-order valence-electron chi connectivity index (χ2n) is 6.93. The third kappa shape index (κ3) is 3.46. The summed E-state index contributed by atoms with van der Waals surface area (Å²) < 4.78 is 5.75. The van der Waals surface area contributed by atoms with E-state index in [-0.39, 0.29) is 11.3 Å². The Labute approximate surface area is 171 Å². The predicted octanol–water partition coefficient (Wildman–Crippen LogP) is 3.93. The summed E-state index contributed by atoms with van der Waals surface area (Å²) in [4.78, 5) is 35.6. The van der Waals surface area contributed by atoms with Gasteiger partial charge in [-0.1, -0.05) is 23.8 Å². The van der Waals surface area contributed by atoms with Gasteiger partial charge >= 0.3 is 0 Å². The highest BCUT2D eigenvalue weighted by molar-refractivity contribution is 6.31. The van der Waals surface area contributed by atoms with Crippen molar-refractivity contribution in [3.05, 3.63) is 87.2 Å². The molecule has 0 unspecified atom stereocenters. The highest BCUT2D eigenvalue weighted by Crippen LogP contribution is 2.30. The van der Waals surface area contributed by atoms with E-state index in [2.05, 4.69) is 5.43 Å². The van der Waals surface area contributed by atoms with Crippen LogP contribution in [0.3, 0.4) is 0 Å². The van der Waals surface area contributed by atoms with Gasteiger partial charge < -0.3 is 4.42 Å². The van der Waals surface area contributed by atoms with E-state index in [0.29, 0.717) is 22.8 Å². The van der Waals surface area contributed by atoms with Crippen molar-refractivity contribution in [2.45, 2.75) is 13.8 Å². The van der Waals surface area contributed by atoms with Gasteiger partial charge in [0.15, 0.2) is 0 Å². The minimum Gasteiger partial charge on any atom is -0.457 e. The van der Waals surface area contributed by atoms with Crippen molar-refractivity contribution in [1.29, 1.82) is 0 Å². The number of nitro groups is 1. The third-order valence-corrected chi connectivity index (χ3v) is 4.79. The molecule has 150 valence electrons. The fourth-order valence-corrected chi connectivity index (χ4v) is 3.14. The average Bonchev–Trinajstić information content (AvgIpc) is 3.29. The summed E-state index contributed by atoms with van der Waals surface area (Å²) in [6.45, 7) is 3.74. The summed E-state index contributed by atoms with van der Waals surface area (Å²) in [6, 6.07) is 14.9. The topological polar surface area (TPSA) is 106 Å². The van der Waals surface area contributed by atoms with Crippen LogP contribution in [0.15, 0.2) is 64.6 Å². The van der Waals surface area contributed by atoms with Crippen molar-refractivity contribution in [2.75, 3.05) is 5.01 Å². The lowest BCUT2D eigenvalue weighted by atomic mass is 10.1. The Bertz CT molecular complexity index is 1210. The highest BCUT2D eigenvalue weighted by atomic mass is 16.6. The van der Waals surface area contributed by atoms with Gasteiger partial charge in [0, 0.05) is 17.7 Å².